The zero-order valence-corrected chi connectivity index (χ0v) is 23.1. The lowest BCUT2D eigenvalue weighted by atomic mass is 10.1. The van der Waals surface area contributed by atoms with E-state index in [1.54, 1.807) is 31.2 Å². The first-order chi connectivity index (χ1) is 17.6. The number of sulfonamides is 1. The Morgan fingerprint density at radius 1 is 0.973 bits per heavy atom. The topological polar surface area (TPSA) is 86.8 Å². The predicted molar refractivity (Wildman–Crippen MR) is 147 cm³/mol. The van der Waals surface area contributed by atoms with Crippen molar-refractivity contribution >= 4 is 50.7 Å². The SMILES string of the molecule is CCC(C(=O)NC)N(Cc1cccc(C)c1)C(=O)CN(c1cccc(Cl)c1Cl)S(=O)(=O)c1ccccc1. The van der Waals surface area contributed by atoms with E-state index in [0.29, 0.717) is 6.42 Å². The van der Waals surface area contributed by atoms with Crippen molar-refractivity contribution in [2.75, 3.05) is 17.9 Å². The number of hydrogen-bond acceptors (Lipinski definition) is 4. The molecule has 10 heteroatoms. The third-order valence-electron chi connectivity index (χ3n) is 5.88. The van der Waals surface area contributed by atoms with Crippen molar-refractivity contribution in [3.8, 4) is 0 Å². The lowest BCUT2D eigenvalue weighted by molar-refractivity contribution is -0.140. The molecule has 3 aromatic rings. The maximum absolute atomic E-state index is 13.9. The molecular weight excluding hydrogens is 533 g/mol. The molecule has 0 radical (unpaired) electrons. The van der Waals surface area contributed by atoms with Gasteiger partial charge in [-0.25, -0.2) is 8.42 Å². The van der Waals surface area contributed by atoms with Gasteiger partial charge in [0, 0.05) is 13.6 Å². The molecule has 1 atom stereocenters. The smallest absolute Gasteiger partial charge is 0.264 e. The molecule has 196 valence electrons. The number of carbonyl (C=O) groups is 2. The van der Waals surface area contributed by atoms with Crippen molar-refractivity contribution in [3.63, 3.8) is 0 Å². The van der Waals surface area contributed by atoms with E-state index in [2.05, 4.69) is 5.32 Å². The fourth-order valence-corrected chi connectivity index (χ4v) is 5.91. The first-order valence-electron chi connectivity index (χ1n) is 11.7. The second-order valence-electron chi connectivity index (χ2n) is 8.45. The largest absolute Gasteiger partial charge is 0.357 e. The van der Waals surface area contributed by atoms with Gasteiger partial charge in [-0.1, -0.05) is 84.2 Å². The molecule has 0 spiro atoms. The highest BCUT2D eigenvalue weighted by atomic mass is 35.5. The average molecular weight is 563 g/mol. The number of amides is 2. The molecule has 0 bridgehead atoms. The minimum atomic E-state index is -4.22. The Morgan fingerprint density at radius 3 is 2.27 bits per heavy atom. The summed E-state index contributed by atoms with van der Waals surface area (Å²) in [6.07, 6.45) is 0.334. The molecule has 0 heterocycles. The number of aryl methyl sites for hydroxylation is 1. The summed E-state index contributed by atoms with van der Waals surface area (Å²) in [6.45, 7) is 3.26. The number of hydrogen-bond donors (Lipinski definition) is 1. The highest BCUT2D eigenvalue weighted by Crippen LogP contribution is 2.35. The fraction of sp³-hybridized carbons (Fsp3) is 0.259. The summed E-state index contributed by atoms with van der Waals surface area (Å²) < 4.78 is 28.5. The number of benzene rings is 3. The predicted octanol–water partition coefficient (Wildman–Crippen LogP) is 5.05. The monoisotopic (exact) mass is 561 g/mol. The standard InChI is InChI=1S/C27H29Cl2N3O4S/c1-4-23(27(34)30-3)31(17-20-11-8-10-19(2)16-20)25(33)18-32(24-15-9-14-22(28)26(24)29)37(35,36)21-12-6-5-7-13-21/h5-16,23H,4,17-18H2,1-3H3,(H,30,34). The van der Waals surface area contributed by atoms with Gasteiger partial charge in [0.05, 0.1) is 20.6 Å². The van der Waals surface area contributed by atoms with E-state index in [-0.39, 0.29) is 33.1 Å². The number of likely N-dealkylation sites (N-methyl/N-ethyl adjacent to an activating group) is 1. The zero-order valence-electron chi connectivity index (χ0n) is 20.8. The quantitative estimate of drug-likeness (QED) is 0.375. The van der Waals surface area contributed by atoms with E-state index in [4.69, 9.17) is 23.2 Å². The summed E-state index contributed by atoms with van der Waals surface area (Å²) in [5, 5.41) is 2.75. The van der Waals surface area contributed by atoms with Gasteiger partial charge in [-0.2, -0.15) is 0 Å². The Kier molecular flexibility index (Phi) is 9.59. The summed E-state index contributed by atoms with van der Waals surface area (Å²) in [6, 6.07) is 19.1. The van der Waals surface area contributed by atoms with E-state index in [1.807, 2.05) is 31.2 Å². The van der Waals surface area contributed by atoms with Crippen LogP contribution in [0, 0.1) is 6.92 Å². The van der Waals surface area contributed by atoms with Gasteiger partial charge in [0.15, 0.2) is 0 Å². The summed E-state index contributed by atoms with van der Waals surface area (Å²) >= 11 is 12.6. The van der Waals surface area contributed by atoms with Crippen molar-refractivity contribution < 1.29 is 18.0 Å². The van der Waals surface area contributed by atoms with Crippen LogP contribution in [0.4, 0.5) is 5.69 Å². The first-order valence-corrected chi connectivity index (χ1v) is 13.9. The molecule has 3 aromatic carbocycles. The number of nitrogens with one attached hydrogen (secondary N) is 1. The number of anilines is 1. The van der Waals surface area contributed by atoms with Crippen LogP contribution in [0.5, 0.6) is 0 Å². The minimum absolute atomic E-state index is 0.0000460. The Hall–Kier alpha value is -3.07. The Bertz CT molecular complexity index is 1370. The fourth-order valence-electron chi connectivity index (χ4n) is 4.01. The van der Waals surface area contributed by atoms with Gasteiger partial charge in [0.25, 0.3) is 10.0 Å². The molecule has 1 N–H and O–H groups in total. The van der Waals surface area contributed by atoms with Gasteiger partial charge in [0.2, 0.25) is 11.8 Å². The van der Waals surface area contributed by atoms with Gasteiger partial charge in [-0.3, -0.25) is 13.9 Å². The molecule has 0 fully saturated rings. The number of halogens is 2. The van der Waals surface area contributed by atoms with Crippen LogP contribution in [0.2, 0.25) is 10.0 Å². The summed E-state index contributed by atoms with van der Waals surface area (Å²) in [7, 11) is -2.72. The van der Waals surface area contributed by atoms with Crippen molar-refractivity contribution in [1.29, 1.82) is 0 Å². The highest BCUT2D eigenvalue weighted by Gasteiger charge is 2.34. The minimum Gasteiger partial charge on any atom is -0.357 e. The lowest BCUT2D eigenvalue weighted by Gasteiger charge is -2.33. The molecule has 0 aliphatic heterocycles. The van der Waals surface area contributed by atoms with Crippen LogP contribution in [-0.4, -0.2) is 44.8 Å². The molecule has 0 saturated heterocycles. The van der Waals surface area contributed by atoms with Crippen LogP contribution in [0.25, 0.3) is 0 Å². The molecule has 0 aliphatic carbocycles. The number of nitrogens with zero attached hydrogens (tertiary/aromatic N) is 2. The Morgan fingerprint density at radius 2 is 1.65 bits per heavy atom. The van der Waals surface area contributed by atoms with Gasteiger partial charge in [-0.15, -0.1) is 0 Å². The summed E-state index contributed by atoms with van der Waals surface area (Å²) in [4.78, 5) is 28.0. The van der Waals surface area contributed by atoms with Crippen LogP contribution in [-0.2, 0) is 26.2 Å². The third-order valence-corrected chi connectivity index (χ3v) is 8.46. The Balaban J connectivity index is 2.10. The van der Waals surface area contributed by atoms with Crippen LogP contribution in [0.3, 0.4) is 0 Å². The third kappa shape index (κ3) is 6.63. The second-order valence-corrected chi connectivity index (χ2v) is 11.1. The summed E-state index contributed by atoms with van der Waals surface area (Å²) in [5.41, 5.74) is 1.88. The molecular formula is C27H29Cl2N3O4S. The van der Waals surface area contributed by atoms with Crippen molar-refractivity contribution in [3.05, 3.63) is 94.0 Å². The molecule has 3 rings (SSSR count). The van der Waals surface area contributed by atoms with Gasteiger partial charge in [0.1, 0.15) is 12.6 Å². The molecule has 0 aromatic heterocycles. The van der Waals surface area contributed by atoms with E-state index in [1.165, 1.54) is 36.2 Å². The molecule has 0 aliphatic rings. The maximum atomic E-state index is 13.9. The van der Waals surface area contributed by atoms with E-state index in [0.717, 1.165) is 15.4 Å². The van der Waals surface area contributed by atoms with Crippen molar-refractivity contribution in [2.24, 2.45) is 0 Å². The molecule has 1 unspecified atom stereocenters. The average Bonchev–Trinajstić information content (AvgIpc) is 2.89. The van der Waals surface area contributed by atoms with E-state index < -0.39 is 28.5 Å². The van der Waals surface area contributed by atoms with Crippen LogP contribution in [0.1, 0.15) is 24.5 Å². The van der Waals surface area contributed by atoms with E-state index in [9.17, 15) is 18.0 Å². The molecule has 2 amide bonds. The van der Waals surface area contributed by atoms with Crippen LogP contribution < -0.4 is 9.62 Å². The zero-order chi connectivity index (χ0) is 27.2. The molecule has 0 saturated carbocycles. The second kappa shape index (κ2) is 12.4. The lowest BCUT2D eigenvalue weighted by Crippen LogP contribution is -2.51. The van der Waals surface area contributed by atoms with Gasteiger partial charge in [-0.05, 0) is 43.2 Å². The van der Waals surface area contributed by atoms with Crippen molar-refractivity contribution in [1.82, 2.24) is 10.2 Å². The van der Waals surface area contributed by atoms with Crippen LogP contribution >= 0.6 is 23.2 Å². The normalized spacial score (nSPS) is 12.0. The van der Waals surface area contributed by atoms with Gasteiger partial charge >= 0.3 is 0 Å². The molecule has 7 nitrogen and oxygen atoms in total. The first kappa shape index (κ1) is 28.5. The van der Waals surface area contributed by atoms with E-state index >= 15 is 0 Å². The maximum Gasteiger partial charge on any atom is 0.264 e. The Labute approximate surface area is 228 Å². The number of carbonyl (C=O) groups excluding carboxylic acids is 2. The van der Waals surface area contributed by atoms with Crippen LogP contribution in [0.15, 0.2) is 77.7 Å². The van der Waals surface area contributed by atoms with Crippen molar-refractivity contribution in [2.45, 2.75) is 37.8 Å². The van der Waals surface area contributed by atoms with Gasteiger partial charge < -0.3 is 10.2 Å². The summed E-state index contributed by atoms with van der Waals surface area (Å²) in [5.74, 6) is -0.908. The molecule has 37 heavy (non-hydrogen) atoms. The highest BCUT2D eigenvalue weighted by molar-refractivity contribution is 7.92. The number of rotatable bonds is 10.